The Hall–Kier alpha value is -2.07. The van der Waals surface area contributed by atoms with Gasteiger partial charge in [0.1, 0.15) is 11.6 Å². The van der Waals surface area contributed by atoms with Crippen molar-refractivity contribution in [3.63, 3.8) is 0 Å². The molecule has 3 unspecified atom stereocenters. The Morgan fingerprint density at radius 3 is 2.27 bits per heavy atom. The Labute approximate surface area is 243 Å². The number of piperidine rings is 1. The second-order valence-electron chi connectivity index (χ2n) is 15.2. The molecule has 1 heterocycles. The summed E-state index contributed by atoms with van der Waals surface area (Å²) in [6, 6.07) is 13.6. The Balaban J connectivity index is 1.24. The van der Waals surface area contributed by atoms with Crippen LogP contribution in [0.5, 0.6) is 5.75 Å². The molecule has 5 rings (SSSR count). The maximum atomic E-state index is 15.2. The summed E-state index contributed by atoms with van der Waals surface area (Å²) in [5.41, 5.74) is 4.76. The van der Waals surface area contributed by atoms with E-state index >= 15 is 4.39 Å². The molecule has 2 aliphatic carbocycles. The maximum absolute atomic E-state index is 15.2. The van der Waals surface area contributed by atoms with E-state index in [1.807, 2.05) is 0 Å². The lowest BCUT2D eigenvalue weighted by molar-refractivity contribution is 0.206. The zero-order valence-electron chi connectivity index (χ0n) is 26.2. The van der Waals surface area contributed by atoms with Crippen molar-refractivity contribution in [1.82, 2.24) is 4.90 Å². The van der Waals surface area contributed by atoms with Crippen LogP contribution in [0.4, 0.5) is 10.1 Å². The van der Waals surface area contributed by atoms with Gasteiger partial charge in [-0.1, -0.05) is 66.5 Å². The van der Waals surface area contributed by atoms with Gasteiger partial charge < -0.3 is 14.5 Å². The number of hydrogen-bond donors (Lipinski definition) is 0. The van der Waals surface area contributed by atoms with Gasteiger partial charge in [0.05, 0.1) is 6.61 Å². The highest BCUT2D eigenvalue weighted by Crippen LogP contribution is 2.52. The lowest BCUT2D eigenvalue weighted by atomic mass is 9.84. The minimum Gasteiger partial charge on any atom is -0.493 e. The molecule has 40 heavy (non-hydrogen) atoms. The molecule has 0 N–H and O–H groups in total. The molecule has 2 aromatic rings. The summed E-state index contributed by atoms with van der Waals surface area (Å²) in [6.07, 6.45) is 8.75. The number of anilines is 1. The predicted molar refractivity (Wildman–Crippen MR) is 166 cm³/mol. The van der Waals surface area contributed by atoms with Crippen LogP contribution in [0, 0.1) is 17.7 Å². The first-order chi connectivity index (χ1) is 18.9. The van der Waals surface area contributed by atoms with Crippen molar-refractivity contribution < 1.29 is 9.13 Å². The SMILES string of the molecule is CN(CC1CC1c1cc(C(C)(C)C)c(F)cc1OCC1CCCC1)C1CCCN(c2ccc(C(C)(C)C)cc2)C1. The third-order valence-corrected chi connectivity index (χ3v) is 9.82. The van der Waals surface area contributed by atoms with Crippen molar-refractivity contribution in [2.24, 2.45) is 11.8 Å². The monoisotopic (exact) mass is 548 g/mol. The van der Waals surface area contributed by atoms with Crippen LogP contribution in [0.25, 0.3) is 0 Å². The second kappa shape index (κ2) is 11.7. The fourth-order valence-corrected chi connectivity index (χ4v) is 7.02. The number of likely N-dealkylation sites (N-methyl/N-ethyl adjacent to an activating group) is 1. The van der Waals surface area contributed by atoms with E-state index in [0.29, 0.717) is 23.8 Å². The quantitative estimate of drug-likeness (QED) is 0.328. The standard InChI is InChI=1S/C36H53FN2O/c1-35(2,3)27-14-16-28(17-15-27)39-18-10-13-29(23-39)38(7)22-26-19-30(26)31-20-32(36(4,5)6)33(37)21-34(31)40-24-25-11-8-9-12-25/h14-17,20-21,25-26,29-30H,8-13,18-19,22-24H2,1-7H3. The molecule has 2 saturated carbocycles. The highest BCUT2D eigenvalue weighted by atomic mass is 19.1. The normalized spacial score (nSPS) is 24.1. The molecule has 4 heteroatoms. The van der Waals surface area contributed by atoms with Crippen molar-refractivity contribution in [1.29, 1.82) is 0 Å². The largest absolute Gasteiger partial charge is 0.493 e. The van der Waals surface area contributed by atoms with Gasteiger partial charge in [-0.25, -0.2) is 4.39 Å². The number of nitrogens with zero attached hydrogens (tertiary/aromatic N) is 2. The molecule has 220 valence electrons. The smallest absolute Gasteiger partial charge is 0.130 e. The van der Waals surface area contributed by atoms with E-state index in [4.69, 9.17) is 4.74 Å². The number of ether oxygens (including phenoxy) is 1. The van der Waals surface area contributed by atoms with Crippen molar-refractivity contribution in [2.45, 2.75) is 109 Å². The maximum Gasteiger partial charge on any atom is 0.130 e. The van der Waals surface area contributed by atoms with E-state index in [1.165, 1.54) is 61.8 Å². The zero-order chi connectivity index (χ0) is 28.7. The van der Waals surface area contributed by atoms with E-state index < -0.39 is 0 Å². The summed E-state index contributed by atoms with van der Waals surface area (Å²) >= 11 is 0. The van der Waals surface area contributed by atoms with E-state index in [2.05, 4.69) is 88.7 Å². The van der Waals surface area contributed by atoms with E-state index in [0.717, 1.165) is 37.6 Å². The van der Waals surface area contributed by atoms with Gasteiger partial charge in [0.25, 0.3) is 0 Å². The third kappa shape index (κ3) is 6.86. The summed E-state index contributed by atoms with van der Waals surface area (Å²) in [5, 5.41) is 0. The van der Waals surface area contributed by atoms with Crippen LogP contribution in [0.1, 0.15) is 109 Å². The number of halogens is 1. The van der Waals surface area contributed by atoms with E-state index in [9.17, 15) is 0 Å². The lowest BCUT2D eigenvalue weighted by Gasteiger charge is -2.39. The minimum atomic E-state index is -0.222. The molecule has 1 saturated heterocycles. The first-order valence-electron chi connectivity index (χ1n) is 15.9. The molecule has 0 spiro atoms. The van der Waals surface area contributed by atoms with Gasteiger partial charge in [-0.3, -0.25) is 0 Å². The average Bonchev–Trinajstić information content (AvgIpc) is 3.45. The van der Waals surface area contributed by atoms with Gasteiger partial charge in [0, 0.05) is 37.4 Å². The average molecular weight is 549 g/mol. The minimum absolute atomic E-state index is 0.121. The molecule has 2 aromatic carbocycles. The van der Waals surface area contributed by atoms with Crippen LogP contribution in [-0.4, -0.2) is 44.2 Å². The molecule has 3 aliphatic rings. The topological polar surface area (TPSA) is 15.7 Å². The Morgan fingerprint density at radius 1 is 0.925 bits per heavy atom. The summed E-state index contributed by atoms with van der Waals surface area (Å²) in [5.74, 6) is 2.38. The molecule has 3 fully saturated rings. The summed E-state index contributed by atoms with van der Waals surface area (Å²) in [6.45, 7) is 17.2. The van der Waals surface area contributed by atoms with Gasteiger partial charge in [0.2, 0.25) is 0 Å². The van der Waals surface area contributed by atoms with Gasteiger partial charge in [-0.2, -0.15) is 0 Å². The van der Waals surface area contributed by atoms with Crippen molar-refractivity contribution in [3.8, 4) is 5.75 Å². The molecular weight excluding hydrogens is 495 g/mol. The molecule has 0 aromatic heterocycles. The van der Waals surface area contributed by atoms with Gasteiger partial charge in [-0.05, 0) is 103 Å². The van der Waals surface area contributed by atoms with Crippen LogP contribution < -0.4 is 9.64 Å². The van der Waals surface area contributed by atoms with Crippen molar-refractivity contribution >= 4 is 5.69 Å². The molecule has 0 radical (unpaired) electrons. The fourth-order valence-electron chi connectivity index (χ4n) is 7.02. The van der Waals surface area contributed by atoms with E-state index in [1.54, 1.807) is 6.07 Å². The first-order valence-corrected chi connectivity index (χ1v) is 15.9. The Kier molecular flexibility index (Phi) is 8.58. The Morgan fingerprint density at radius 2 is 1.62 bits per heavy atom. The van der Waals surface area contributed by atoms with Gasteiger partial charge >= 0.3 is 0 Å². The fraction of sp³-hybridized carbons (Fsp3) is 0.667. The van der Waals surface area contributed by atoms with Crippen molar-refractivity contribution in [2.75, 3.05) is 38.2 Å². The van der Waals surface area contributed by atoms with E-state index in [-0.39, 0.29) is 16.6 Å². The number of hydrogen-bond acceptors (Lipinski definition) is 3. The van der Waals surface area contributed by atoms with Crippen LogP contribution in [0.15, 0.2) is 36.4 Å². The van der Waals surface area contributed by atoms with Crippen LogP contribution >= 0.6 is 0 Å². The summed E-state index contributed by atoms with van der Waals surface area (Å²) < 4.78 is 21.6. The van der Waals surface area contributed by atoms with Crippen LogP contribution in [0.2, 0.25) is 0 Å². The lowest BCUT2D eigenvalue weighted by Crippen LogP contribution is -2.47. The molecule has 0 bridgehead atoms. The molecule has 3 atom stereocenters. The highest BCUT2D eigenvalue weighted by Gasteiger charge is 2.42. The third-order valence-electron chi connectivity index (χ3n) is 9.82. The predicted octanol–water partition coefficient (Wildman–Crippen LogP) is 8.69. The molecular formula is C36H53FN2O. The van der Waals surface area contributed by atoms with Crippen LogP contribution in [0.3, 0.4) is 0 Å². The number of rotatable bonds is 8. The second-order valence-corrected chi connectivity index (χ2v) is 15.2. The van der Waals surface area contributed by atoms with Gasteiger partial charge in [0.15, 0.2) is 0 Å². The molecule has 3 nitrogen and oxygen atoms in total. The van der Waals surface area contributed by atoms with Crippen LogP contribution in [-0.2, 0) is 10.8 Å². The van der Waals surface area contributed by atoms with Crippen molar-refractivity contribution in [3.05, 3.63) is 58.9 Å². The molecule has 0 amide bonds. The Bertz CT molecular complexity index is 1140. The van der Waals surface area contributed by atoms with Gasteiger partial charge in [-0.15, -0.1) is 0 Å². The summed E-state index contributed by atoms with van der Waals surface area (Å²) in [7, 11) is 2.31. The highest BCUT2D eigenvalue weighted by molar-refractivity contribution is 5.49. The first kappa shape index (κ1) is 29.4. The molecule has 1 aliphatic heterocycles. The summed E-state index contributed by atoms with van der Waals surface area (Å²) in [4.78, 5) is 5.18. The zero-order valence-corrected chi connectivity index (χ0v) is 26.2. The number of benzene rings is 2.